The smallest absolute Gasteiger partial charge is 0.248 e. The molecule has 0 atom stereocenters. The SMILES string of the molecule is [CH2]CC1(OCC)CCC(F)(F)CC1. The van der Waals surface area contributed by atoms with Gasteiger partial charge in [0.25, 0.3) is 0 Å². The zero-order chi connectivity index (χ0) is 9.95. The molecule has 0 N–H and O–H groups in total. The topological polar surface area (TPSA) is 9.23 Å². The molecular weight excluding hydrogens is 174 g/mol. The Balaban J connectivity index is 2.52. The van der Waals surface area contributed by atoms with Crippen molar-refractivity contribution in [3.05, 3.63) is 6.92 Å². The molecule has 0 aromatic heterocycles. The lowest BCUT2D eigenvalue weighted by molar-refractivity contribution is -0.129. The third-order valence-electron chi connectivity index (χ3n) is 2.80. The Bertz CT molecular complexity index is 158. The third-order valence-corrected chi connectivity index (χ3v) is 2.80. The molecule has 0 saturated heterocycles. The van der Waals surface area contributed by atoms with E-state index in [1.54, 1.807) is 0 Å². The van der Waals surface area contributed by atoms with Gasteiger partial charge in [-0.2, -0.15) is 0 Å². The van der Waals surface area contributed by atoms with Crippen molar-refractivity contribution in [1.29, 1.82) is 0 Å². The van der Waals surface area contributed by atoms with Crippen LogP contribution >= 0.6 is 0 Å². The van der Waals surface area contributed by atoms with Crippen LogP contribution in [0.1, 0.15) is 39.0 Å². The fourth-order valence-electron chi connectivity index (χ4n) is 1.84. The molecule has 0 spiro atoms. The van der Waals surface area contributed by atoms with Crippen LogP contribution < -0.4 is 0 Å². The highest BCUT2D eigenvalue weighted by atomic mass is 19.3. The Morgan fingerprint density at radius 1 is 1.23 bits per heavy atom. The largest absolute Gasteiger partial charge is 0.375 e. The number of rotatable bonds is 3. The Kier molecular flexibility index (Phi) is 3.28. The molecule has 0 amide bonds. The summed E-state index contributed by atoms with van der Waals surface area (Å²) in [5, 5.41) is 0. The highest BCUT2D eigenvalue weighted by molar-refractivity contribution is 4.90. The standard InChI is InChI=1S/C10H17F2O/c1-3-9(13-4-2)5-7-10(11,12)8-6-9/h1,3-8H2,2H3. The van der Waals surface area contributed by atoms with Crippen LogP contribution in [0.4, 0.5) is 8.78 Å². The van der Waals surface area contributed by atoms with Crippen molar-refractivity contribution in [1.82, 2.24) is 0 Å². The Hall–Kier alpha value is -0.180. The Labute approximate surface area is 78.5 Å². The zero-order valence-electron chi connectivity index (χ0n) is 8.11. The van der Waals surface area contributed by atoms with Crippen LogP contribution in [0.25, 0.3) is 0 Å². The molecule has 0 aliphatic heterocycles. The first kappa shape index (κ1) is 10.9. The summed E-state index contributed by atoms with van der Waals surface area (Å²) in [5.41, 5.74) is -0.365. The molecule has 1 aliphatic rings. The molecule has 0 bridgehead atoms. The number of halogens is 2. The molecule has 1 aliphatic carbocycles. The minimum Gasteiger partial charge on any atom is -0.375 e. The zero-order valence-corrected chi connectivity index (χ0v) is 8.11. The molecule has 0 unspecified atom stereocenters. The fraction of sp³-hybridized carbons (Fsp3) is 0.900. The number of hydrogen-bond acceptors (Lipinski definition) is 1. The Morgan fingerprint density at radius 2 is 1.77 bits per heavy atom. The van der Waals surface area contributed by atoms with Crippen LogP contribution in [0.3, 0.4) is 0 Å². The van der Waals surface area contributed by atoms with E-state index in [4.69, 9.17) is 4.74 Å². The van der Waals surface area contributed by atoms with E-state index in [-0.39, 0.29) is 18.4 Å². The van der Waals surface area contributed by atoms with Crippen LogP contribution in [0.2, 0.25) is 0 Å². The molecule has 1 fully saturated rings. The molecule has 1 radical (unpaired) electrons. The van der Waals surface area contributed by atoms with Gasteiger partial charge in [-0.15, -0.1) is 0 Å². The number of ether oxygens (including phenoxy) is 1. The fourth-order valence-corrected chi connectivity index (χ4v) is 1.84. The van der Waals surface area contributed by atoms with Crippen molar-refractivity contribution in [2.24, 2.45) is 0 Å². The van der Waals surface area contributed by atoms with Gasteiger partial charge in [-0.25, -0.2) is 8.78 Å². The highest BCUT2D eigenvalue weighted by Gasteiger charge is 2.42. The average molecular weight is 191 g/mol. The lowest BCUT2D eigenvalue weighted by Crippen LogP contribution is -2.40. The van der Waals surface area contributed by atoms with Crippen LogP contribution in [0, 0.1) is 6.92 Å². The van der Waals surface area contributed by atoms with Crippen LogP contribution in [-0.2, 0) is 4.74 Å². The minimum atomic E-state index is -2.48. The van der Waals surface area contributed by atoms with E-state index in [1.165, 1.54) is 0 Å². The summed E-state index contributed by atoms with van der Waals surface area (Å²) in [6.07, 6.45) is 1.37. The summed E-state index contributed by atoms with van der Waals surface area (Å²) in [6, 6.07) is 0. The van der Waals surface area contributed by atoms with Gasteiger partial charge in [-0.3, -0.25) is 0 Å². The molecule has 0 aromatic rings. The van der Waals surface area contributed by atoms with Crippen LogP contribution in [0.5, 0.6) is 0 Å². The van der Waals surface area contributed by atoms with E-state index in [1.807, 2.05) is 6.92 Å². The maximum atomic E-state index is 12.8. The average Bonchev–Trinajstić information content (AvgIpc) is 2.10. The molecule has 1 nitrogen and oxygen atoms in total. The van der Waals surface area contributed by atoms with Gasteiger partial charge < -0.3 is 4.74 Å². The first-order chi connectivity index (χ1) is 6.04. The van der Waals surface area contributed by atoms with Crippen molar-refractivity contribution in [2.45, 2.75) is 50.6 Å². The van der Waals surface area contributed by atoms with Gasteiger partial charge in [-0.1, -0.05) is 6.92 Å². The van der Waals surface area contributed by atoms with E-state index < -0.39 is 5.92 Å². The van der Waals surface area contributed by atoms with Crippen molar-refractivity contribution < 1.29 is 13.5 Å². The first-order valence-electron chi connectivity index (χ1n) is 4.85. The summed E-state index contributed by atoms with van der Waals surface area (Å²) in [7, 11) is 0. The normalized spacial score (nSPS) is 25.8. The quantitative estimate of drug-likeness (QED) is 0.665. The van der Waals surface area contributed by atoms with Gasteiger partial charge in [0.2, 0.25) is 5.92 Å². The van der Waals surface area contributed by atoms with Crippen molar-refractivity contribution in [3.8, 4) is 0 Å². The summed E-state index contributed by atoms with van der Waals surface area (Å²) in [5.74, 6) is -2.48. The van der Waals surface area contributed by atoms with Crippen LogP contribution in [0.15, 0.2) is 0 Å². The van der Waals surface area contributed by atoms with Gasteiger partial charge >= 0.3 is 0 Å². The van der Waals surface area contributed by atoms with Crippen molar-refractivity contribution >= 4 is 0 Å². The van der Waals surface area contributed by atoms with E-state index in [0.717, 1.165) is 0 Å². The molecule has 3 heteroatoms. The summed E-state index contributed by atoms with van der Waals surface area (Å²) < 4.78 is 31.2. The molecule has 0 aromatic carbocycles. The number of alkyl halides is 2. The lowest BCUT2D eigenvalue weighted by atomic mass is 9.81. The summed E-state index contributed by atoms with van der Waals surface area (Å²) >= 11 is 0. The molecule has 77 valence electrons. The monoisotopic (exact) mass is 191 g/mol. The summed E-state index contributed by atoms with van der Waals surface area (Å²) in [6.45, 7) is 6.26. The molecule has 13 heavy (non-hydrogen) atoms. The second-order valence-corrected chi connectivity index (χ2v) is 3.72. The van der Waals surface area contributed by atoms with Gasteiger partial charge in [-0.05, 0) is 26.2 Å². The van der Waals surface area contributed by atoms with E-state index in [9.17, 15) is 8.78 Å². The molecule has 0 heterocycles. The van der Waals surface area contributed by atoms with Gasteiger partial charge in [0.15, 0.2) is 0 Å². The third kappa shape index (κ3) is 2.63. The molecule has 1 rings (SSSR count). The van der Waals surface area contributed by atoms with Crippen molar-refractivity contribution in [3.63, 3.8) is 0 Å². The molecule has 1 saturated carbocycles. The van der Waals surface area contributed by atoms with E-state index >= 15 is 0 Å². The van der Waals surface area contributed by atoms with Crippen molar-refractivity contribution in [2.75, 3.05) is 6.61 Å². The minimum absolute atomic E-state index is 0.0531. The van der Waals surface area contributed by atoms with Gasteiger partial charge in [0.1, 0.15) is 0 Å². The second kappa shape index (κ2) is 3.91. The summed E-state index contributed by atoms with van der Waals surface area (Å²) in [4.78, 5) is 0. The maximum absolute atomic E-state index is 12.8. The highest BCUT2D eigenvalue weighted by Crippen LogP contribution is 2.41. The first-order valence-corrected chi connectivity index (χ1v) is 4.85. The predicted molar refractivity (Wildman–Crippen MR) is 47.7 cm³/mol. The van der Waals surface area contributed by atoms with Gasteiger partial charge in [0, 0.05) is 19.4 Å². The second-order valence-electron chi connectivity index (χ2n) is 3.72. The van der Waals surface area contributed by atoms with Gasteiger partial charge in [0.05, 0.1) is 5.60 Å². The predicted octanol–water partition coefficient (Wildman–Crippen LogP) is 3.20. The van der Waals surface area contributed by atoms with E-state index in [0.29, 0.717) is 25.9 Å². The maximum Gasteiger partial charge on any atom is 0.248 e. The van der Waals surface area contributed by atoms with E-state index in [2.05, 4.69) is 6.92 Å². The number of hydrogen-bond donors (Lipinski definition) is 0. The lowest BCUT2D eigenvalue weighted by Gasteiger charge is -2.39. The molecular formula is C10H17F2O. The Morgan fingerprint density at radius 3 is 2.15 bits per heavy atom. The van der Waals surface area contributed by atoms with Crippen LogP contribution in [-0.4, -0.2) is 18.1 Å².